The van der Waals surface area contributed by atoms with Crippen LogP contribution in [0.3, 0.4) is 0 Å². The van der Waals surface area contributed by atoms with Gasteiger partial charge in [-0.2, -0.15) is 0 Å². The Bertz CT molecular complexity index is 252. The van der Waals surface area contributed by atoms with Crippen molar-refractivity contribution in [2.75, 3.05) is 12.3 Å². The minimum absolute atomic E-state index is 0.00535. The molecule has 0 saturated heterocycles. The first-order chi connectivity index (χ1) is 8.56. The van der Waals surface area contributed by atoms with Crippen LogP contribution in [0, 0.1) is 11.8 Å². The van der Waals surface area contributed by atoms with Gasteiger partial charge in [0.05, 0.1) is 11.4 Å². The predicted octanol–water partition coefficient (Wildman–Crippen LogP) is 2.43. The van der Waals surface area contributed by atoms with E-state index in [1.54, 1.807) is 11.8 Å². The number of rotatable bonds is 7. The van der Waals surface area contributed by atoms with Gasteiger partial charge in [-0.25, -0.2) is 0 Å². The zero-order valence-electron chi connectivity index (χ0n) is 11.8. The Hall–Kier alpha value is -0.220. The number of amides is 1. The van der Waals surface area contributed by atoms with Gasteiger partial charge in [-0.15, -0.1) is 11.8 Å². The average molecular weight is 273 g/mol. The molecule has 1 rings (SSSR count). The van der Waals surface area contributed by atoms with E-state index in [-0.39, 0.29) is 17.3 Å². The molecule has 1 aliphatic rings. The predicted molar refractivity (Wildman–Crippen MR) is 77.7 cm³/mol. The number of thioether (sulfide) groups is 1. The second-order valence-corrected chi connectivity index (χ2v) is 6.90. The lowest BCUT2D eigenvalue weighted by atomic mass is 10.0. The highest BCUT2D eigenvalue weighted by Crippen LogP contribution is 2.27. The van der Waals surface area contributed by atoms with Crippen molar-refractivity contribution in [3.05, 3.63) is 0 Å². The van der Waals surface area contributed by atoms with Crippen LogP contribution in [-0.4, -0.2) is 34.7 Å². The number of carbonyl (C=O) groups excluding carboxylic acids is 1. The van der Waals surface area contributed by atoms with Gasteiger partial charge >= 0.3 is 0 Å². The third-order valence-corrected chi connectivity index (χ3v) is 5.09. The van der Waals surface area contributed by atoms with Crippen LogP contribution in [0.4, 0.5) is 0 Å². The van der Waals surface area contributed by atoms with Crippen LogP contribution in [-0.2, 0) is 4.79 Å². The Balaban J connectivity index is 2.33. The van der Waals surface area contributed by atoms with E-state index in [1.807, 2.05) is 0 Å². The molecule has 1 fully saturated rings. The van der Waals surface area contributed by atoms with Crippen molar-refractivity contribution in [2.45, 2.75) is 57.8 Å². The van der Waals surface area contributed by atoms with Gasteiger partial charge < -0.3 is 10.4 Å². The van der Waals surface area contributed by atoms with Crippen LogP contribution in [0.2, 0.25) is 0 Å². The molecule has 0 bridgehead atoms. The van der Waals surface area contributed by atoms with Crippen LogP contribution in [0.15, 0.2) is 0 Å². The van der Waals surface area contributed by atoms with E-state index in [9.17, 15) is 9.90 Å². The second kappa shape index (κ2) is 8.05. The summed E-state index contributed by atoms with van der Waals surface area (Å²) in [5, 5.41) is 12.9. The SMILES string of the molecule is CCSC(C(=O)NCC(O)C1CCCC1)C(C)C. The lowest BCUT2D eigenvalue weighted by Gasteiger charge is -2.22. The van der Waals surface area contributed by atoms with Gasteiger partial charge in [0.1, 0.15) is 0 Å². The molecule has 0 radical (unpaired) electrons. The van der Waals surface area contributed by atoms with E-state index in [0.717, 1.165) is 18.6 Å². The molecule has 18 heavy (non-hydrogen) atoms. The fourth-order valence-corrected chi connectivity index (χ4v) is 3.54. The van der Waals surface area contributed by atoms with Crippen molar-refractivity contribution in [2.24, 2.45) is 11.8 Å². The third-order valence-electron chi connectivity index (χ3n) is 3.64. The van der Waals surface area contributed by atoms with Crippen molar-refractivity contribution in [1.82, 2.24) is 5.32 Å². The number of aliphatic hydroxyl groups is 1. The molecule has 0 aromatic carbocycles. The number of aliphatic hydroxyl groups excluding tert-OH is 1. The summed E-state index contributed by atoms with van der Waals surface area (Å²) >= 11 is 1.68. The van der Waals surface area contributed by atoms with Crippen LogP contribution < -0.4 is 5.32 Å². The van der Waals surface area contributed by atoms with Gasteiger partial charge in [0.2, 0.25) is 5.91 Å². The van der Waals surface area contributed by atoms with Crippen molar-refractivity contribution in [1.29, 1.82) is 0 Å². The third kappa shape index (κ3) is 4.81. The fourth-order valence-electron chi connectivity index (χ4n) is 2.57. The number of carbonyl (C=O) groups is 1. The zero-order chi connectivity index (χ0) is 13.5. The molecule has 0 aromatic heterocycles. The molecule has 0 heterocycles. The quantitative estimate of drug-likeness (QED) is 0.749. The first-order valence-electron chi connectivity index (χ1n) is 7.13. The minimum atomic E-state index is -0.365. The van der Waals surface area contributed by atoms with Gasteiger partial charge in [0.25, 0.3) is 0 Å². The standard InChI is InChI=1S/C14H27NO2S/c1-4-18-13(10(2)3)14(17)15-9-12(16)11-7-5-6-8-11/h10-13,16H,4-9H2,1-3H3,(H,15,17). The Kier molecular flexibility index (Phi) is 7.08. The van der Waals surface area contributed by atoms with Gasteiger partial charge in [-0.1, -0.05) is 33.6 Å². The molecule has 1 amide bonds. The molecular weight excluding hydrogens is 246 g/mol. The summed E-state index contributed by atoms with van der Waals surface area (Å²) in [5.41, 5.74) is 0. The van der Waals surface area contributed by atoms with Crippen molar-refractivity contribution in [3.63, 3.8) is 0 Å². The summed E-state index contributed by atoms with van der Waals surface area (Å²) < 4.78 is 0. The second-order valence-electron chi connectivity index (χ2n) is 5.48. The first-order valence-corrected chi connectivity index (χ1v) is 8.18. The highest BCUT2D eigenvalue weighted by Gasteiger charge is 2.26. The first kappa shape index (κ1) is 15.8. The van der Waals surface area contributed by atoms with E-state index < -0.39 is 0 Å². The molecule has 0 aliphatic heterocycles. The Labute approximate surface area is 115 Å². The van der Waals surface area contributed by atoms with Gasteiger partial charge in [-0.3, -0.25) is 4.79 Å². The van der Waals surface area contributed by atoms with Gasteiger partial charge in [-0.05, 0) is 30.4 Å². The molecule has 2 unspecified atom stereocenters. The normalized spacial score (nSPS) is 20.1. The summed E-state index contributed by atoms with van der Waals surface area (Å²) in [6, 6.07) is 0. The van der Waals surface area contributed by atoms with E-state index in [2.05, 4.69) is 26.1 Å². The monoisotopic (exact) mass is 273 g/mol. The summed E-state index contributed by atoms with van der Waals surface area (Å²) in [5.74, 6) is 1.75. The largest absolute Gasteiger partial charge is 0.391 e. The fraction of sp³-hybridized carbons (Fsp3) is 0.929. The number of nitrogens with one attached hydrogen (secondary N) is 1. The molecule has 1 aliphatic carbocycles. The summed E-state index contributed by atoms with van der Waals surface area (Å²) in [6.45, 7) is 6.62. The molecule has 3 nitrogen and oxygen atoms in total. The average Bonchev–Trinajstić information content (AvgIpc) is 2.85. The number of hydrogen-bond donors (Lipinski definition) is 2. The highest BCUT2D eigenvalue weighted by molar-refractivity contribution is 8.00. The molecule has 2 N–H and O–H groups in total. The minimum Gasteiger partial charge on any atom is -0.391 e. The van der Waals surface area contributed by atoms with Gasteiger partial charge in [0, 0.05) is 6.54 Å². The molecule has 0 spiro atoms. The summed E-state index contributed by atoms with van der Waals surface area (Å²) in [4.78, 5) is 12.1. The zero-order valence-corrected chi connectivity index (χ0v) is 12.6. The lowest BCUT2D eigenvalue weighted by molar-refractivity contribution is -0.121. The molecule has 0 aromatic rings. The molecular formula is C14H27NO2S. The van der Waals surface area contributed by atoms with Gasteiger partial charge in [0.15, 0.2) is 0 Å². The maximum absolute atomic E-state index is 12.1. The number of hydrogen-bond acceptors (Lipinski definition) is 3. The van der Waals surface area contributed by atoms with Crippen LogP contribution in [0.25, 0.3) is 0 Å². The van der Waals surface area contributed by atoms with Crippen molar-refractivity contribution < 1.29 is 9.90 Å². The van der Waals surface area contributed by atoms with Crippen LogP contribution in [0.5, 0.6) is 0 Å². The Morgan fingerprint density at radius 2 is 2.00 bits per heavy atom. The van der Waals surface area contributed by atoms with E-state index in [0.29, 0.717) is 18.4 Å². The maximum Gasteiger partial charge on any atom is 0.233 e. The lowest BCUT2D eigenvalue weighted by Crippen LogP contribution is -2.41. The van der Waals surface area contributed by atoms with E-state index in [1.165, 1.54) is 12.8 Å². The summed E-state index contributed by atoms with van der Waals surface area (Å²) in [7, 11) is 0. The van der Waals surface area contributed by atoms with E-state index in [4.69, 9.17) is 0 Å². The smallest absolute Gasteiger partial charge is 0.233 e. The Morgan fingerprint density at radius 3 is 2.50 bits per heavy atom. The van der Waals surface area contributed by atoms with Crippen LogP contribution in [0.1, 0.15) is 46.5 Å². The van der Waals surface area contributed by atoms with Crippen LogP contribution >= 0.6 is 11.8 Å². The van der Waals surface area contributed by atoms with E-state index >= 15 is 0 Å². The molecule has 106 valence electrons. The van der Waals surface area contributed by atoms with Crippen molar-refractivity contribution >= 4 is 17.7 Å². The molecule has 2 atom stereocenters. The molecule has 1 saturated carbocycles. The Morgan fingerprint density at radius 1 is 1.39 bits per heavy atom. The summed E-state index contributed by atoms with van der Waals surface area (Å²) in [6.07, 6.45) is 4.28. The highest BCUT2D eigenvalue weighted by atomic mass is 32.2. The van der Waals surface area contributed by atoms with Crippen molar-refractivity contribution in [3.8, 4) is 0 Å². The topological polar surface area (TPSA) is 49.3 Å². The maximum atomic E-state index is 12.1. The molecule has 4 heteroatoms.